The van der Waals surface area contributed by atoms with Crippen LogP contribution in [-0.4, -0.2) is 19.5 Å². The molecule has 0 aliphatic carbocycles. The molecule has 0 aliphatic rings. The Balaban J connectivity index is 2.01. The van der Waals surface area contributed by atoms with Gasteiger partial charge < -0.3 is 10.2 Å². The number of aryl methyl sites for hydroxylation is 2. The third-order valence-electron chi connectivity index (χ3n) is 4.08. The fourth-order valence-electron chi connectivity index (χ4n) is 2.72. The molecule has 2 rings (SSSR count). The van der Waals surface area contributed by atoms with Crippen molar-refractivity contribution in [2.75, 3.05) is 18.9 Å². The molecule has 1 aromatic heterocycles. The first kappa shape index (κ1) is 17.7. The van der Waals surface area contributed by atoms with E-state index in [1.807, 2.05) is 13.0 Å². The lowest BCUT2D eigenvalue weighted by atomic mass is 9.98. The van der Waals surface area contributed by atoms with E-state index < -0.39 is 0 Å². The van der Waals surface area contributed by atoms with Crippen LogP contribution in [0, 0.1) is 13.8 Å². The van der Waals surface area contributed by atoms with Gasteiger partial charge in [-0.1, -0.05) is 32.0 Å². The van der Waals surface area contributed by atoms with E-state index in [0.29, 0.717) is 12.5 Å². The highest BCUT2D eigenvalue weighted by atomic mass is 32.1. The lowest BCUT2D eigenvalue weighted by Gasteiger charge is -2.18. The summed E-state index contributed by atoms with van der Waals surface area (Å²) in [6.07, 6.45) is 0. The summed E-state index contributed by atoms with van der Waals surface area (Å²) < 4.78 is 0. The third-order valence-corrected chi connectivity index (χ3v) is 5.11. The van der Waals surface area contributed by atoms with Crippen LogP contribution in [-0.2, 0) is 11.3 Å². The second-order valence-electron chi connectivity index (χ2n) is 6.58. The zero-order valence-corrected chi connectivity index (χ0v) is 15.5. The number of amides is 1. The molecule has 0 fully saturated rings. The van der Waals surface area contributed by atoms with Gasteiger partial charge in [0.15, 0.2) is 6.54 Å². The summed E-state index contributed by atoms with van der Waals surface area (Å²) in [7, 11) is 2.07. The summed E-state index contributed by atoms with van der Waals surface area (Å²) in [4.78, 5) is 15.0. The number of hydrogen-bond donors (Lipinski definition) is 2. The van der Waals surface area contributed by atoms with Gasteiger partial charge in [-0.2, -0.15) is 0 Å². The van der Waals surface area contributed by atoms with Crippen molar-refractivity contribution in [2.45, 2.75) is 40.2 Å². The number of benzene rings is 1. The third kappa shape index (κ3) is 4.66. The van der Waals surface area contributed by atoms with Gasteiger partial charge in [-0.05, 0) is 47.9 Å². The molecule has 1 heterocycles. The first-order chi connectivity index (χ1) is 10.9. The summed E-state index contributed by atoms with van der Waals surface area (Å²) >= 11 is 1.77. The molecule has 23 heavy (non-hydrogen) atoms. The Labute approximate surface area is 143 Å². The number of para-hydroxylation sites is 1. The van der Waals surface area contributed by atoms with Crippen LogP contribution < -0.4 is 10.2 Å². The van der Waals surface area contributed by atoms with Crippen molar-refractivity contribution >= 4 is 22.9 Å². The zero-order valence-electron chi connectivity index (χ0n) is 14.7. The van der Waals surface area contributed by atoms with Crippen molar-refractivity contribution in [3.05, 3.63) is 51.2 Å². The number of thiophene rings is 1. The first-order valence-corrected chi connectivity index (χ1v) is 9.00. The van der Waals surface area contributed by atoms with E-state index in [1.54, 1.807) is 11.3 Å². The standard InChI is InChI=1S/C19H26N2OS/c1-13(2)16-8-6-7-15(4)19(16)20-18(22)12-21(5)11-17-14(3)9-10-23-17/h6-10,13H,11-12H2,1-5H3,(H,20,22)/p+1. The van der Waals surface area contributed by atoms with E-state index in [0.717, 1.165) is 17.8 Å². The van der Waals surface area contributed by atoms with Gasteiger partial charge in [0.05, 0.1) is 11.9 Å². The number of carbonyl (C=O) groups excluding carboxylic acids is 1. The lowest BCUT2D eigenvalue weighted by Crippen LogP contribution is -3.08. The largest absolute Gasteiger partial charge is 0.325 e. The molecule has 2 aromatic rings. The molecule has 1 aromatic carbocycles. The number of quaternary nitrogens is 1. The van der Waals surface area contributed by atoms with Crippen LogP contribution in [0.1, 0.15) is 41.3 Å². The SMILES string of the molecule is Cc1ccsc1C[NH+](C)CC(=O)Nc1c(C)cccc1C(C)C. The smallest absolute Gasteiger partial charge is 0.279 e. The number of hydrogen-bond acceptors (Lipinski definition) is 2. The Kier molecular flexibility index (Phi) is 5.97. The lowest BCUT2D eigenvalue weighted by molar-refractivity contribution is -0.884. The molecule has 0 saturated carbocycles. The fourth-order valence-corrected chi connectivity index (χ4v) is 3.74. The summed E-state index contributed by atoms with van der Waals surface area (Å²) in [5.41, 5.74) is 4.62. The minimum absolute atomic E-state index is 0.0768. The van der Waals surface area contributed by atoms with Gasteiger partial charge in [-0.25, -0.2) is 0 Å². The molecule has 0 spiro atoms. The second-order valence-corrected chi connectivity index (χ2v) is 7.58. The van der Waals surface area contributed by atoms with Gasteiger partial charge in [0.1, 0.15) is 6.54 Å². The Bertz CT molecular complexity index is 676. The van der Waals surface area contributed by atoms with Gasteiger partial charge in [0.25, 0.3) is 5.91 Å². The van der Waals surface area contributed by atoms with Crippen LogP contribution in [0.15, 0.2) is 29.6 Å². The topological polar surface area (TPSA) is 33.5 Å². The van der Waals surface area contributed by atoms with Crippen LogP contribution in [0.25, 0.3) is 0 Å². The van der Waals surface area contributed by atoms with E-state index in [4.69, 9.17) is 0 Å². The number of nitrogens with one attached hydrogen (secondary N) is 2. The maximum absolute atomic E-state index is 12.4. The second kappa shape index (κ2) is 7.75. The molecular weight excluding hydrogens is 304 g/mol. The molecule has 124 valence electrons. The van der Waals surface area contributed by atoms with Crippen LogP contribution in [0.4, 0.5) is 5.69 Å². The van der Waals surface area contributed by atoms with E-state index >= 15 is 0 Å². The molecule has 0 aliphatic heterocycles. The summed E-state index contributed by atoms with van der Waals surface area (Å²) in [5.74, 6) is 0.469. The van der Waals surface area contributed by atoms with Gasteiger partial charge in [-0.3, -0.25) is 4.79 Å². The molecule has 0 radical (unpaired) electrons. The molecular formula is C19H27N2OS+. The molecule has 0 saturated heterocycles. The highest BCUT2D eigenvalue weighted by Gasteiger charge is 2.16. The Morgan fingerprint density at radius 1 is 1.22 bits per heavy atom. The molecule has 1 atom stereocenters. The Morgan fingerprint density at radius 3 is 2.57 bits per heavy atom. The Morgan fingerprint density at radius 2 is 1.96 bits per heavy atom. The average Bonchev–Trinajstić information content (AvgIpc) is 2.86. The average molecular weight is 332 g/mol. The van der Waals surface area contributed by atoms with Gasteiger partial charge in [-0.15, -0.1) is 11.3 Å². The van der Waals surface area contributed by atoms with Crippen LogP contribution in [0.5, 0.6) is 0 Å². The normalized spacial score (nSPS) is 12.4. The van der Waals surface area contributed by atoms with Crippen LogP contribution in [0.3, 0.4) is 0 Å². The van der Waals surface area contributed by atoms with Crippen molar-refractivity contribution in [3.8, 4) is 0 Å². The fraction of sp³-hybridized carbons (Fsp3) is 0.421. The quantitative estimate of drug-likeness (QED) is 0.838. The van der Waals surface area contributed by atoms with Gasteiger partial charge in [0, 0.05) is 5.69 Å². The summed E-state index contributed by atoms with van der Waals surface area (Å²) in [5, 5.41) is 5.24. The predicted molar refractivity (Wildman–Crippen MR) is 98.4 cm³/mol. The highest BCUT2D eigenvalue weighted by molar-refractivity contribution is 7.10. The van der Waals surface area contributed by atoms with Crippen molar-refractivity contribution < 1.29 is 9.69 Å². The van der Waals surface area contributed by atoms with Crippen molar-refractivity contribution in [1.29, 1.82) is 0 Å². The van der Waals surface area contributed by atoms with Crippen LogP contribution in [0.2, 0.25) is 0 Å². The van der Waals surface area contributed by atoms with Gasteiger partial charge in [0.2, 0.25) is 0 Å². The highest BCUT2D eigenvalue weighted by Crippen LogP contribution is 2.27. The minimum atomic E-state index is 0.0768. The predicted octanol–water partition coefficient (Wildman–Crippen LogP) is 3.14. The van der Waals surface area contributed by atoms with E-state index in [-0.39, 0.29) is 5.91 Å². The van der Waals surface area contributed by atoms with Crippen molar-refractivity contribution in [2.24, 2.45) is 0 Å². The molecule has 3 nitrogen and oxygen atoms in total. The molecule has 2 N–H and O–H groups in total. The van der Waals surface area contributed by atoms with Crippen molar-refractivity contribution in [1.82, 2.24) is 0 Å². The molecule has 1 amide bonds. The summed E-state index contributed by atoms with van der Waals surface area (Å²) in [6.45, 7) is 9.85. The zero-order chi connectivity index (χ0) is 17.0. The Hall–Kier alpha value is -1.65. The van der Waals surface area contributed by atoms with E-state index in [9.17, 15) is 4.79 Å². The van der Waals surface area contributed by atoms with Gasteiger partial charge >= 0.3 is 0 Å². The number of anilines is 1. The number of rotatable bonds is 6. The minimum Gasteiger partial charge on any atom is -0.325 e. The molecule has 4 heteroatoms. The van der Waals surface area contributed by atoms with E-state index in [2.05, 4.69) is 56.7 Å². The first-order valence-electron chi connectivity index (χ1n) is 8.12. The summed E-state index contributed by atoms with van der Waals surface area (Å²) in [6, 6.07) is 8.33. The van der Waals surface area contributed by atoms with Crippen molar-refractivity contribution in [3.63, 3.8) is 0 Å². The molecule has 1 unspecified atom stereocenters. The number of likely N-dealkylation sites (N-methyl/N-ethyl adjacent to an activating group) is 1. The van der Waals surface area contributed by atoms with Crippen LogP contribution >= 0.6 is 11.3 Å². The maximum atomic E-state index is 12.4. The monoisotopic (exact) mass is 331 g/mol. The molecule has 0 bridgehead atoms. The number of carbonyl (C=O) groups is 1. The van der Waals surface area contributed by atoms with E-state index in [1.165, 1.54) is 20.9 Å². The maximum Gasteiger partial charge on any atom is 0.279 e.